The summed E-state index contributed by atoms with van der Waals surface area (Å²) in [7, 11) is 0. The van der Waals surface area contributed by atoms with Crippen molar-refractivity contribution in [2.24, 2.45) is 0 Å². The molecule has 0 amide bonds. The highest BCUT2D eigenvalue weighted by atomic mass is 15.3. The molecule has 1 aliphatic carbocycles. The Kier molecular flexibility index (Phi) is 3.61. The van der Waals surface area contributed by atoms with Crippen molar-refractivity contribution in [2.45, 2.75) is 24.2 Å². The highest BCUT2D eigenvalue weighted by Gasteiger charge is 2.53. The van der Waals surface area contributed by atoms with E-state index in [1.54, 1.807) is 18.6 Å². The zero-order chi connectivity index (χ0) is 12.0. The summed E-state index contributed by atoms with van der Waals surface area (Å²) in [5, 5.41) is 33.0. The molecule has 0 aromatic rings. The van der Waals surface area contributed by atoms with Gasteiger partial charge in [-0.1, -0.05) is 0 Å². The highest BCUT2D eigenvalue weighted by Crippen LogP contribution is 2.22. The standard InChI is InChI=1S/C8H8N8/c1-12-16-8-6(14-3-10)5(13-2-9)7(8)15-4-11/h5-8,13-16H. The van der Waals surface area contributed by atoms with Gasteiger partial charge in [-0.05, 0) is 0 Å². The minimum atomic E-state index is -0.400. The zero-order valence-corrected chi connectivity index (χ0v) is 8.10. The van der Waals surface area contributed by atoms with E-state index >= 15 is 0 Å². The van der Waals surface area contributed by atoms with Gasteiger partial charge in [-0.25, -0.2) is 0 Å². The Balaban J connectivity index is 2.74. The summed E-state index contributed by atoms with van der Waals surface area (Å²) in [4.78, 5) is 3.01. The van der Waals surface area contributed by atoms with Crippen LogP contribution in [0.2, 0.25) is 0 Å². The molecule has 0 aromatic carbocycles. The summed E-state index contributed by atoms with van der Waals surface area (Å²) in [6.07, 6.45) is 5.27. The molecule has 2 atom stereocenters. The van der Waals surface area contributed by atoms with Crippen LogP contribution >= 0.6 is 0 Å². The van der Waals surface area contributed by atoms with Crippen LogP contribution in [0.3, 0.4) is 0 Å². The number of hydrogen-bond acceptors (Lipinski definition) is 7. The van der Waals surface area contributed by atoms with E-state index < -0.39 is 24.2 Å². The van der Waals surface area contributed by atoms with Crippen LogP contribution < -0.4 is 21.4 Å². The minimum Gasteiger partial charge on any atom is -0.316 e. The monoisotopic (exact) mass is 216 g/mol. The lowest BCUT2D eigenvalue weighted by Crippen LogP contribution is -2.79. The second kappa shape index (κ2) is 5.14. The van der Waals surface area contributed by atoms with E-state index in [0.29, 0.717) is 0 Å². The van der Waals surface area contributed by atoms with Gasteiger partial charge in [0, 0.05) is 0 Å². The Labute approximate surface area is 92.2 Å². The zero-order valence-electron chi connectivity index (χ0n) is 8.10. The maximum atomic E-state index is 8.53. The van der Waals surface area contributed by atoms with Crippen molar-refractivity contribution < 1.29 is 0 Å². The molecule has 1 aliphatic rings. The first-order valence-electron chi connectivity index (χ1n) is 4.36. The number of nitrogens with one attached hydrogen (secondary N) is 4. The summed E-state index contributed by atoms with van der Waals surface area (Å²) in [5.74, 6) is 0. The van der Waals surface area contributed by atoms with E-state index in [4.69, 9.17) is 22.4 Å². The summed E-state index contributed by atoms with van der Waals surface area (Å²) in [5.41, 5.74) is 2.46. The smallest absolute Gasteiger partial charge is 0.176 e. The average molecular weight is 216 g/mol. The molecule has 0 bridgehead atoms. The van der Waals surface area contributed by atoms with Gasteiger partial charge in [-0.15, -0.1) is 5.43 Å². The lowest BCUT2D eigenvalue weighted by atomic mass is 9.75. The largest absolute Gasteiger partial charge is 0.316 e. The topological polar surface area (TPSA) is 124 Å². The van der Waals surface area contributed by atoms with E-state index in [2.05, 4.69) is 26.3 Å². The predicted octanol–water partition coefficient (Wildman–Crippen LogP) is -1.89. The van der Waals surface area contributed by atoms with Crippen molar-refractivity contribution >= 4 is 0 Å². The van der Waals surface area contributed by atoms with Crippen molar-refractivity contribution in [1.82, 2.24) is 21.4 Å². The van der Waals surface area contributed by atoms with Crippen LogP contribution in [0.1, 0.15) is 0 Å². The van der Waals surface area contributed by atoms with E-state index in [1.807, 2.05) is 0 Å². The molecule has 1 saturated carbocycles. The fourth-order valence-electron chi connectivity index (χ4n) is 1.75. The molecular formula is C8H8N8. The number of hydrogen-bond donors (Lipinski definition) is 4. The summed E-state index contributed by atoms with van der Waals surface area (Å²) in [6.45, 7) is 6.69. The van der Waals surface area contributed by atoms with E-state index in [1.165, 1.54) is 0 Å². The second-order valence-electron chi connectivity index (χ2n) is 3.11. The molecule has 1 rings (SSSR count). The van der Waals surface area contributed by atoms with Gasteiger partial charge in [0.2, 0.25) is 0 Å². The normalized spacial score (nSPS) is 30.2. The molecule has 4 N–H and O–H groups in total. The Bertz CT molecular complexity index is 316. The second-order valence-corrected chi connectivity index (χ2v) is 3.11. The van der Waals surface area contributed by atoms with Crippen LogP contribution in [0.15, 0.2) is 0 Å². The highest BCUT2D eigenvalue weighted by molar-refractivity contribution is 5.19. The van der Waals surface area contributed by atoms with Gasteiger partial charge in [0.1, 0.15) is 6.04 Å². The van der Waals surface area contributed by atoms with Crippen LogP contribution in [0.4, 0.5) is 0 Å². The Morgan fingerprint density at radius 3 is 1.50 bits per heavy atom. The molecule has 8 heteroatoms. The first-order valence-corrected chi connectivity index (χ1v) is 4.36. The molecule has 0 radical (unpaired) electrons. The van der Waals surface area contributed by atoms with Gasteiger partial charge in [0.25, 0.3) is 0 Å². The summed E-state index contributed by atoms with van der Waals surface area (Å²) in [6, 6.07) is -1.60. The Morgan fingerprint density at radius 2 is 1.19 bits per heavy atom. The average Bonchev–Trinajstić information content (AvgIpc) is 2.30. The van der Waals surface area contributed by atoms with Gasteiger partial charge in [0.15, 0.2) is 18.6 Å². The molecule has 1 fully saturated rings. The maximum Gasteiger partial charge on any atom is 0.176 e. The lowest BCUT2D eigenvalue weighted by molar-refractivity contribution is 0.154. The third-order valence-corrected chi connectivity index (χ3v) is 2.45. The fourth-order valence-corrected chi connectivity index (χ4v) is 1.75. The Morgan fingerprint density at radius 1 is 0.812 bits per heavy atom. The fraction of sp³-hybridized carbons (Fsp3) is 0.500. The van der Waals surface area contributed by atoms with Crippen molar-refractivity contribution in [3.63, 3.8) is 0 Å². The lowest BCUT2D eigenvalue weighted by Gasteiger charge is -2.46. The van der Waals surface area contributed by atoms with Crippen molar-refractivity contribution in [3.8, 4) is 18.6 Å². The van der Waals surface area contributed by atoms with Gasteiger partial charge in [-0.2, -0.15) is 27.3 Å². The molecule has 2 unspecified atom stereocenters. The van der Waals surface area contributed by atoms with Crippen LogP contribution in [0, 0.1) is 40.9 Å². The molecule has 0 saturated heterocycles. The van der Waals surface area contributed by atoms with Gasteiger partial charge < -0.3 is 16.0 Å². The Hall–Kier alpha value is -2.84. The first-order chi connectivity index (χ1) is 7.79. The molecule has 8 nitrogen and oxygen atoms in total. The maximum absolute atomic E-state index is 8.53. The SMILES string of the molecule is [C-]#[N+]NC1C(NC#N)C(NC#N)C1NC#N. The van der Waals surface area contributed by atoms with Crippen LogP contribution in [0.25, 0.3) is 4.95 Å². The number of nitrogens with zero attached hydrogens (tertiary/aromatic N) is 4. The molecule has 16 heavy (non-hydrogen) atoms. The predicted molar refractivity (Wildman–Crippen MR) is 51.1 cm³/mol. The van der Waals surface area contributed by atoms with E-state index in [-0.39, 0.29) is 0 Å². The molecule has 0 aliphatic heterocycles. The van der Waals surface area contributed by atoms with Crippen LogP contribution in [-0.4, -0.2) is 24.2 Å². The van der Waals surface area contributed by atoms with E-state index in [9.17, 15) is 0 Å². The van der Waals surface area contributed by atoms with Gasteiger partial charge in [0.05, 0.1) is 18.1 Å². The van der Waals surface area contributed by atoms with E-state index in [0.717, 1.165) is 0 Å². The molecule has 80 valence electrons. The quantitative estimate of drug-likeness (QED) is 0.187. The third-order valence-electron chi connectivity index (χ3n) is 2.45. The van der Waals surface area contributed by atoms with Crippen molar-refractivity contribution in [3.05, 3.63) is 11.5 Å². The van der Waals surface area contributed by atoms with Gasteiger partial charge in [-0.3, -0.25) is 0 Å². The molecule has 0 spiro atoms. The number of nitriles is 3. The minimum absolute atomic E-state index is 0.399. The first kappa shape index (κ1) is 11.2. The number of rotatable bonds is 4. The molecular weight excluding hydrogens is 208 g/mol. The van der Waals surface area contributed by atoms with Crippen molar-refractivity contribution in [1.29, 1.82) is 15.8 Å². The van der Waals surface area contributed by atoms with Crippen molar-refractivity contribution in [2.75, 3.05) is 0 Å². The van der Waals surface area contributed by atoms with Crippen LogP contribution in [-0.2, 0) is 0 Å². The summed E-state index contributed by atoms with van der Waals surface area (Å²) >= 11 is 0. The third kappa shape index (κ3) is 1.82. The van der Waals surface area contributed by atoms with Gasteiger partial charge >= 0.3 is 0 Å². The summed E-state index contributed by atoms with van der Waals surface area (Å²) < 4.78 is 0. The van der Waals surface area contributed by atoms with Crippen LogP contribution in [0.5, 0.6) is 0 Å². The molecule has 0 aromatic heterocycles. The molecule has 0 heterocycles.